The predicted octanol–water partition coefficient (Wildman–Crippen LogP) is 13.2. The molecule has 0 fully saturated rings. The number of hydrogen-bond acceptors (Lipinski definition) is 4. The summed E-state index contributed by atoms with van der Waals surface area (Å²) >= 11 is 7.82. The molecular formula is C46H28S4. The summed E-state index contributed by atoms with van der Waals surface area (Å²) in [5.74, 6) is 0. The Labute approximate surface area is 308 Å². The highest BCUT2D eigenvalue weighted by Crippen LogP contribution is 2.70. The van der Waals surface area contributed by atoms with Gasteiger partial charge in [-0.25, -0.2) is 0 Å². The zero-order chi connectivity index (χ0) is 32.9. The lowest BCUT2D eigenvalue weighted by Gasteiger charge is -2.51. The van der Waals surface area contributed by atoms with Crippen molar-refractivity contribution in [2.45, 2.75) is 30.4 Å². The molecule has 0 unspecified atom stereocenters. The Morgan fingerprint density at radius 2 is 0.600 bits per heavy atom. The Kier molecular flexibility index (Phi) is 6.39. The topological polar surface area (TPSA) is 0 Å². The summed E-state index contributed by atoms with van der Waals surface area (Å²) in [5.41, 5.74) is 9.91. The molecule has 0 nitrogen and oxygen atoms in total. The molecule has 4 heterocycles. The predicted molar refractivity (Wildman–Crippen MR) is 211 cm³/mol. The number of benzene rings is 6. The SMILES string of the molecule is c1ccc(-c2cc3c(s2)C2(c4ccccc4Sc4ccccc42)c2cc(-c4ccccc4)sc2C32c3ccccc3Sc3ccccc32)cc1. The average molecular weight is 709 g/mol. The van der Waals surface area contributed by atoms with Crippen molar-refractivity contribution in [3.05, 3.63) is 213 Å². The highest BCUT2D eigenvalue weighted by Gasteiger charge is 2.60. The second-order valence-corrected chi connectivity index (χ2v) is 17.4. The molecule has 50 heavy (non-hydrogen) atoms. The molecule has 0 atom stereocenters. The van der Waals surface area contributed by atoms with Crippen LogP contribution in [0.1, 0.15) is 43.1 Å². The van der Waals surface area contributed by atoms with E-state index in [-0.39, 0.29) is 0 Å². The zero-order valence-electron chi connectivity index (χ0n) is 26.8. The summed E-state index contributed by atoms with van der Waals surface area (Å²) in [4.78, 5) is 10.8. The van der Waals surface area contributed by atoms with Crippen molar-refractivity contribution in [1.29, 1.82) is 0 Å². The van der Waals surface area contributed by atoms with E-state index >= 15 is 0 Å². The number of rotatable bonds is 2. The molecular weight excluding hydrogens is 681 g/mol. The molecule has 0 radical (unpaired) electrons. The van der Waals surface area contributed by atoms with Gasteiger partial charge in [-0.3, -0.25) is 0 Å². The van der Waals surface area contributed by atoms with E-state index in [1.54, 1.807) is 0 Å². The minimum absolute atomic E-state index is 0.482. The Morgan fingerprint density at radius 1 is 0.300 bits per heavy atom. The third-order valence-corrected chi connectivity index (χ3v) is 15.6. The smallest absolute Gasteiger partial charge is 0.0831 e. The lowest BCUT2D eigenvalue weighted by atomic mass is 9.55. The van der Waals surface area contributed by atoms with Crippen LogP contribution in [0.4, 0.5) is 0 Å². The quantitative estimate of drug-likeness (QED) is 0.175. The molecule has 2 aliphatic heterocycles. The van der Waals surface area contributed by atoms with Crippen LogP contribution in [0.25, 0.3) is 20.9 Å². The van der Waals surface area contributed by atoms with Crippen molar-refractivity contribution < 1.29 is 0 Å². The maximum absolute atomic E-state index is 2.57. The van der Waals surface area contributed by atoms with E-state index < -0.39 is 10.8 Å². The van der Waals surface area contributed by atoms with E-state index in [1.165, 1.54) is 83.6 Å². The molecule has 0 saturated carbocycles. The first-order chi connectivity index (χ1) is 24.8. The molecule has 8 aromatic rings. The van der Waals surface area contributed by atoms with Gasteiger partial charge in [0.2, 0.25) is 0 Å². The van der Waals surface area contributed by atoms with Crippen LogP contribution >= 0.6 is 46.2 Å². The van der Waals surface area contributed by atoms with Crippen molar-refractivity contribution in [3.63, 3.8) is 0 Å². The van der Waals surface area contributed by atoms with E-state index in [4.69, 9.17) is 0 Å². The molecule has 1 aliphatic carbocycles. The van der Waals surface area contributed by atoms with Gasteiger partial charge < -0.3 is 0 Å². The van der Waals surface area contributed by atoms with Gasteiger partial charge in [0.1, 0.15) is 0 Å². The molecule has 6 aromatic carbocycles. The van der Waals surface area contributed by atoms with Gasteiger partial charge in [-0.2, -0.15) is 0 Å². The first-order valence-electron chi connectivity index (χ1n) is 16.9. The van der Waals surface area contributed by atoms with Crippen molar-refractivity contribution in [3.8, 4) is 20.9 Å². The van der Waals surface area contributed by atoms with Gasteiger partial charge in [-0.05, 0) is 80.9 Å². The molecule has 3 aliphatic rings. The van der Waals surface area contributed by atoms with Crippen LogP contribution in [0.2, 0.25) is 0 Å². The zero-order valence-corrected chi connectivity index (χ0v) is 30.1. The van der Waals surface area contributed by atoms with Crippen molar-refractivity contribution in [2.24, 2.45) is 0 Å². The van der Waals surface area contributed by atoms with E-state index in [0.717, 1.165) is 0 Å². The average Bonchev–Trinajstić information content (AvgIpc) is 3.84. The van der Waals surface area contributed by atoms with Crippen molar-refractivity contribution >= 4 is 46.2 Å². The number of fused-ring (bicyclic) bond motifs is 14. The molecule has 2 aromatic heterocycles. The molecule has 11 rings (SSSR count). The standard InChI is InChI=1S/C46H28S4/c1-3-15-29(16-4-1)41-27-35-43(49-41)46(33-21-9-13-25-39(33)48-40-26-14-10-22-34(40)46)36-28-42(30-17-5-2-6-18-30)50-44(36)45(35)31-19-7-11-23-37(31)47-38-24-12-8-20-32(38)45/h1-28H. The maximum Gasteiger partial charge on any atom is 0.0831 e. The Morgan fingerprint density at radius 3 is 0.940 bits per heavy atom. The van der Waals surface area contributed by atoms with Crippen molar-refractivity contribution in [1.82, 2.24) is 0 Å². The summed E-state index contributed by atoms with van der Waals surface area (Å²) in [7, 11) is 0. The molecule has 0 amide bonds. The first-order valence-corrected chi connectivity index (χ1v) is 20.2. The van der Waals surface area contributed by atoms with E-state index in [2.05, 4.69) is 170 Å². The molecule has 0 saturated heterocycles. The highest BCUT2D eigenvalue weighted by molar-refractivity contribution is 7.99. The summed E-state index contributed by atoms with van der Waals surface area (Å²) < 4.78 is 0. The first kappa shape index (κ1) is 29.2. The van der Waals surface area contributed by atoms with Crippen LogP contribution in [0, 0.1) is 0 Å². The number of thiophene rings is 2. The van der Waals surface area contributed by atoms with E-state index in [0.29, 0.717) is 0 Å². The van der Waals surface area contributed by atoms with Crippen molar-refractivity contribution in [2.75, 3.05) is 0 Å². The molecule has 0 bridgehead atoms. The van der Waals surface area contributed by atoms with Crippen LogP contribution in [0.5, 0.6) is 0 Å². The molecule has 236 valence electrons. The van der Waals surface area contributed by atoms with Gasteiger partial charge in [-0.1, -0.05) is 157 Å². The van der Waals surface area contributed by atoms with Crippen LogP contribution in [0.3, 0.4) is 0 Å². The maximum atomic E-state index is 2.57. The van der Waals surface area contributed by atoms with Gasteiger partial charge in [0.25, 0.3) is 0 Å². The van der Waals surface area contributed by atoms with Crippen LogP contribution < -0.4 is 0 Å². The summed E-state index contributed by atoms with van der Waals surface area (Å²) in [6.07, 6.45) is 0. The van der Waals surface area contributed by atoms with Crippen LogP contribution in [0.15, 0.2) is 189 Å². The summed E-state index contributed by atoms with van der Waals surface area (Å²) in [6, 6.07) is 63.9. The fraction of sp³-hybridized carbons (Fsp3) is 0.0435. The largest absolute Gasteiger partial charge is 0.138 e. The third kappa shape index (κ3) is 3.80. The van der Waals surface area contributed by atoms with E-state index in [9.17, 15) is 0 Å². The van der Waals surface area contributed by atoms with Gasteiger partial charge in [0.05, 0.1) is 10.8 Å². The normalized spacial score (nSPS) is 15.4. The van der Waals surface area contributed by atoms with Gasteiger partial charge in [0.15, 0.2) is 0 Å². The van der Waals surface area contributed by atoms with Crippen LogP contribution in [-0.4, -0.2) is 0 Å². The minimum atomic E-state index is -0.482. The monoisotopic (exact) mass is 708 g/mol. The second-order valence-electron chi connectivity index (χ2n) is 13.1. The number of hydrogen-bond donors (Lipinski definition) is 0. The Bertz CT molecular complexity index is 2290. The Hall–Kier alpha value is -4.58. The van der Waals surface area contributed by atoms with E-state index in [1.807, 2.05) is 46.2 Å². The lowest BCUT2D eigenvalue weighted by Crippen LogP contribution is -2.45. The fourth-order valence-electron chi connectivity index (χ4n) is 8.69. The molecule has 4 heteroatoms. The van der Waals surface area contributed by atoms with Crippen LogP contribution in [-0.2, 0) is 10.8 Å². The van der Waals surface area contributed by atoms with Gasteiger partial charge in [0, 0.05) is 39.1 Å². The van der Waals surface area contributed by atoms with Gasteiger partial charge in [-0.15, -0.1) is 22.7 Å². The second kappa shape index (κ2) is 11.0. The minimum Gasteiger partial charge on any atom is -0.138 e. The lowest BCUT2D eigenvalue weighted by molar-refractivity contribution is 0.609. The Balaban J connectivity index is 1.38. The third-order valence-electron chi connectivity index (χ3n) is 10.7. The fourth-order valence-corrected chi connectivity index (χ4v) is 14.0. The summed E-state index contributed by atoms with van der Waals surface area (Å²) in [5, 5.41) is 0. The molecule has 2 spiro atoms. The highest BCUT2D eigenvalue weighted by atomic mass is 32.2. The summed E-state index contributed by atoms with van der Waals surface area (Å²) in [6.45, 7) is 0. The molecule has 0 N–H and O–H groups in total. The van der Waals surface area contributed by atoms with Gasteiger partial charge >= 0.3 is 0 Å².